The Morgan fingerprint density at radius 2 is 2.00 bits per heavy atom. The highest BCUT2D eigenvalue weighted by Gasteiger charge is 2.11. The molecule has 1 aromatic carbocycles. The maximum Gasteiger partial charge on any atom is 0.234 e. The molecule has 3 rings (SSSR count). The van der Waals surface area contributed by atoms with Crippen LogP contribution in [0.5, 0.6) is 0 Å². The molecule has 1 saturated heterocycles. The normalized spacial score (nSPS) is 15.0. The Bertz CT molecular complexity index is 647. The Balaban J connectivity index is 1.47. The van der Waals surface area contributed by atoms with Gasteiger partial charge in [0.05, 0.1) is 5.75 Å². The number of aromatic nitrogens is 2. The largest absolute Gasteiger partial charge is 0.329 e. The number of thioether (sulfide) groups is 1. The molecule has 2 heterocycles. The summed E-state index contributed by atoms with van der Waals surface area (Å²) >= 11 is 1.44. The zero-order valence-electron chi connectivity index (χ0n) is 13.4. The van der Waals surface area contributed by atoms with Crippen molar-refractivity contribution in [2.75, 3.05) is 24.2 Å². The molecule has 0 bridgehead atoms. The lowest BCUT2D eigenvalue weighted by Gasteiger charge is -2.14. The van der Waals surface area contributed by atoms with Gasteiger partial charge in [-0.15, -0.1) is 0 Å². The highest BCUT2D eigenvalue weighted by Crippen LogP contribution is 2.17. The first-order chi connectivity index (χ1) is 11.2. The van der Waals surface area contributed by atoms with Crippen LogP contribution in [0, 0.1) is 0 Å². The number of benzene rings is 1. The van der Waals surface area contributed by atoms with Crippen molar-refractivity contribution in [2.24, 2.45) is 7.05 Å². The number of imidazole rings is 1. The molecule has 6 heteroatoms. The number of anilines is 1. The molecule has 1 aliphatic rings. The van der Waals surface area contributed by atoms with Gasteiger partial charge in [-0.05, 0) is 43.6 Å². The van der Waals surface area contributed by atoms with Crippen LogP contribution < -0.4 is 5.32 Å². The fourth-order valence-electron chi connectivity index (χ4n) is 2.71. The van der Waals surface area contributed by atoms with Crippen molar-refractivity contribution in [1.29, 1.82) is 0 Å². The summed E-state index contributed by atoms with van der Waals surface area (Å²) in [5.74, 6) is 0.353. The third-order valence-corrected chi connectivity index (χ3v) is 5.01. The molecule has 23 heavy (non-hydrogen) atoms. The van der Waals surface area contributed by atoms with Crippen LogP contribution >= 0.6 is 11.8 Å². The van der Waals surface area contributed by atoms with Gasteiger partial charge in [-0.25, -0.2) is 4.98 Å². The van der Waals surface area contributed by atoms with Gasteiger partial charge in [0.2, 0.25) is 5.91 Å². The van der Waals surface area contributed by atoms with Crippen molar-refractivity contribution >= 4 is 23.4 Å². The molecule has 0 unspecified atom stereocenters. The number of hydrogen-bond donors (Lipinski definition) is 1. The van der Waals surface area contributed by atoms with Gasteiger partial charge in [0.15, 0.2) is 5.16 Å². The van der Waals surface area contributed by atoms with Crippen LogP contribution in [0.4, 0.5) is 5.69 Å². The molecule has 1 aliphatic heterocycles. The molecule has 1 aromatic heterocycles. The second-order valence-electron chi connectivity index (χ2n) is 5.84. The first kappa shape index (κ1) is 16.1. The SMILES string of the molecule is Cn1ccnc1SCC(=O)Nc1ccc(CN2CCCC2)cc1. The molecule has 0 saturated carbocycles. The summed E-state index contributed by atoms with van der Waals surface area (Å²) in [5, 5.41) is 3.78. The predicted octanol–water partition coefficient (Wildman–Crippen LogP) is 2.75. The van der Waals surface area contributed by atoms with Gasteiger partial charge in [0, 0.05) is 31.7 Å². The van der Waals surface area contributed by atoms with Crippen molar-refractivity contribution < 1.29 is 4.79 Å². The van der Waals surface area contributed by atoms with Gasteiger partial charge in [0.25, 0.3) is 0 Å². The Morgan fingerprint density at radius 3 is 2.65 bits per heavy atom. The van der Waals surface area contributed by atoms with Crippen LogP contribution in [-0.2, 0) is 18.4 Å². The van der Waals surface area contributed by atoms with Crippen LogP contribution in [0.15, 0.2) is 41.8 Å². The van der Waals surface area contributed by atoms with Gasteiger partial charge in [0.1, 0.15) is 0 Å². The van der Waals surface area contributed by atoms with Crippen molar-refractivity contribution in [3.8, 4) is 0 Å². The maximum absolute atomic E-state index is 12.0. The van der Waals surface area contributed by atoms with Gasteiger partial charge in [-0.1, -0.05) is 23.9 Å². The molecule has 0 spiro atoms. The van der Waals surface area contributed by atoms with Crippen LogP contribution in [0.2, 0.25) is 0 Å². The second kappa shape index (κ2) is 7.66. The maximum atomic E-state index is 12.0. The Morgan fingerprint density at radius 1 is 1.26 bits per heavy atom. The quantitative estimate of drug-likeness (QED) is 0.828. The van der Waals surface area contributed by atoms with Gasteiger partial charge < -0.3 is 9.88 Å². The Labute approximate surface area is 141 Å². The van der Waals surface area contributed by atoms with E-state index in [0.717, 1.165) is 17.4 Å². The summed E-state index contributed by atoms with van der Waals surface area (Å²) in [6.07, 6.45) is 6.22. The lowest BCUT2D eigenvalue weighted by molar-refractivity contribution is -0.113. The summed E-state index contributed by atoms with van der Waals surface area (Å²) < 4.78 is 1.91. The van der Waals surface area contributed by atoms with E-state index in [1.54, 1.807) is 6.20 Å². The highest BCUT2D eigenvalue weighted by molar-refractivity contribution is 7.99. The Hall–Kier alpha value is -1.79. The molecule has 2 aromatic rings. The topological polar surface area (TPSA) is 50.2 Å². The number of carbonyl (C=O) groups is 1. The number of hydrogen-bond acceptors (Lipinski definition) is 4. The molecular weight excluding hydrogens is 308 g/mol. The fraction of sp³-hybridized carbons (Fsp3) is 0.412. The zero-order valence-corrected chi connectivity index (χ0v) is 14.2. The second-order valence-corrected chi connectivity index (χ2v) is 6.78. The molecule has 0 aliphatic carbocycles. The smallest absolute Gasteiger partial charge is 0.234 e. The summed E-state index contributed by atoms with van der Waals surface area (Å²) in [7, 11) is 1.92. The third kappa shape index (κ3) is 4.59. The summed E-state index contributed by atoms with van der Waals surface area (Å²) in [6.45, 7) is 3.40. The van der Waals surface area contributed by atoms with Crippen LogP contribution in [0.1, 0.15) is 18.4 Å². The average Bonchev–Trinajstić information content (AvgIpc) is 3.19. The van der Waals surface area contributed by atoms with E-state index in [9.17, 15) is 4.79 Å². The lowest BCUT2D eigenvalue weighted by atomic mass is 10.2. The minimum atomic E-state index is -0.00899. The highest BCUT2D eigenvalue weighted by atomic mass is 32.2. The van der Waals surface area contributed by atoms with Gasteiger partial charge in [-0.3, -0.25) is 9.69 Å². The third-order valence-electron chi connectivity index (χ3n) is 3.95. The van der Waals surface area contributed by atoms with E-state index >= 15 is 0 Å². The Kier molecular flexibility index (Phi) is 5.35. The van der Waals surface area contributed by atoms with E-state index in [4.69, 9.17) is 0 Å². The minimum Gasteiger partial charge on any atom is -0.329 e. The number of carbonyl (C=O) groups excluding carboxylic acids is 1. The number of nitrogens with zero attached hydrogens (tertiary/aromatic N) is 3. The average molecular weight is 330 g/mol. The van der Waals surface area contributed by atoms with Crippen molar-refractivity contribution in [1.82, 2.24) is 14.5 Å². The van der Waals surface area contributed by atoms with Crippen molar-refractivity contribution in [2.45, 2.75) is 24.5 Å². The molecule has 0 atom stereocenters. The molecule has 5 nitrogen and oxygen atoms in total. The van der Waals surface area contributed by atoms with Crippen molar-refractivity contribution in [3.05, 3.63) is 42.2 Å². The molecule has 1 fully saturated rings. The molecule has 0 radical (unpaired) electrons. The van der Waals surface area contributed by atoms with Gasteiger partial charge in [-0.2, -0.15) is 0 Å². The number of nitrogens with one attached hydrogen (secondary N) is 1. The number of likely N-dealkylation sites (tertiary alicyclic amines) is 1. The summed E-state index contributed by atoms with van der Waals surface area (Å²) in [6, 6.07) is 8.16. The standard InChI is InChI=1S/C17H22N4OS/c1-20-11-8-18-17(20)23-13-16(22)19-15-6-4-14(5-7-15)12-21-9-2-3-10-21/h4-8,11H,2-3,9-10,12-13H2,1H3,(H,19,22). The predicted molar refractivity (Wildman–Crippen MR) is 93.5 cm³/mol. The summed E-state index contributed by atoms with van der Waals surface area (Å²) in [5.41, 5.74) is 2.15. The number of amides is 1. The molecular formula is C17H22N4OS. The summed E-state index contributed by atoms with van der Waals surface area (Å²) in [4.78, 5) is 18.7. The lowest BCUT2D eigenvalue weighted by Crippen LogP contribution is -2.18. The first-order valence-electron chi connectivity index (χ1n) is 7.92. The van der Waals surface area contributed by atoms with E-state index in [0.29, 0.717) is 5.75 Å². The minimum absolute atomic E-state index is 0.00899. The van der Waals surface area contributed by atoms with Crippen LogP contribution in [0.25, 0.3) is 0 Å². The van der Waals surface area contributed by atoms with E-state index in [1.165, 1.54) is 43.3 Å². The van der Waals surface area contributed by atoms with Crippen LogP contribution in [0.3, 0.4) is 0 Å². The molecule has 1 N–H and O–H groups in total. The van der Waals surface area contributed by atoms with E-state index in [2.05, 4.69) is 27.3 Å². The number of aryl methyl sites for hydroxylation is 1. The molecule has 122 valence electrons. The van der Waals surface area contributed by atoms with E-state index in [1.807, 2.05) is 29.9 Å². The first-order valence-corrected chi connectivity index (χ1v) is 8.90. The fourth-order valence-corrected chi connectivity index (χ4v) is 3.44. The number of rotatable bonds is 6. The van der Waals surface area contributed by atoms with Crippen LogP contribution in [-0.4, -0.2) is 39.2 Å². The van der Waals surface area contributed by atoms with Crippen molar-refractivity contribution in [3.63, 3.8) is 0 Å². The molecule has 1 amide bonds. The van der Waals surface area contributed by atoms with E-state index in [-0.39, 0.29) is 5.91 Å². The monoisotopic (exact) mass is 330 g/mol. The van der Waals surface area contributed by atoms with E-state index < -0.39 is 0 Å². The zero-order chi connectivity index (χ0) is 16.1. The van der Waals surface area contributed by atoms with Gasteiger partial charge >= 0.3 is 0 Å².